The number of aromatic hydroxyl groups is 1. The third kappa shape index (κ3) is 2.92. The molecule has 0 aliphatic carbocycles. The third-order valence-corrected chi connectivity index (χ3v) is 6.24. The van der Waals surface area contributed by atoms with Gasteiger partial charge in [-0.3, -0.25) is 14.5 Å². The summed E-state index contributed by atoms with van der Waals surface area (Å²) in [5.41, 5.74) is -0.0335. The second kappa shape index (κ2) is 7.28. The third-order valence-electron chi connectivity index (χ3n) is 6.24. The molecule has 3 heterocycles. The number of oxazole rings is 1. The lowest BCUT2D eigenvalue weighted by atomic mass is 10.1. The first-order valence-corrected chi connectivity index (χ1v) is 10.6. The van der Waals surface area contributed by atoms with Gasteiger partial charge in [0.1, 0.15) is 11.0 Å². The van der Waals surface area contributed by atoms with Crippen LogP contribution in [0.25, 0.3) is 32.9 Å². The number of benzene rings is 3. The first-order chi connectivity index (χ1) is 16.4. The Morgan fingerprint density at radius 2 is 1.74 bits per heavy atom. The van der Waals surface area contributed by atoms with E-state index in [2.05, 4.69) is 10.1 Å². The Balaban J connectivity index is 1.32. The summed E-state index contributed by atoms with van der Waals surface area (Å²) in [5, 5.41) is 35.9. The lowest BCUT2D eigenvalue weighted by molar-refractivity contribution is -0.263. The first kappa shape index (κ1) is 20.2. The largest absolute Gasteiger partial charge is 0.870 e. The number of nitrogens with zero attached hydrogens (tertiary/aromatic N) is 5. The molecular formula is C22H19N6O6-. The van der Waals surface area contributed by atoms with E-state index in [9.17, 15) is 25.0 Å². The number of piperazine rings is 1. The van der Waals surface area contributed by atoms with Crippen LogP contribution in [0.2, 0.25) is 0 Å². The number of para-hydroxylation sites is 2. The normalized spacial score (nSPS) is 15.1. The van der Waals surface area contributed by atoms with Gasteiger partial charge in [-0.1, -0.05) is 22.8 Å². The molecule has 12 heteroatoms. The number of rotatable bonds is 3. The summed E-state index contributed by atoms with van der Waals surface area (Å²) >= 11 is 0. The number of aromatic amines is 1. The summed E-state index contributed by atoms with van der Waals surface area (Å²) in [5.74, 6) is -1.28. The van der Waals surface area contributed by atoms with Gasteiger partial charge < -0.3 is 24.7 Å². The fourth-order valence-electron chi connectivity index (χ4n) is 4.50. The SMILES string of the molecule is O=c1ccc(=O)c2c(O)c3c([nH]n(O)n3CN3CCN(c4nc5ccccc5o4)CC3)c([O-])c12. The lowest BCUT2D eigenvalue weighted by Crippen LogP contribution is -2.47. The van der Waals surface area contributed by atoms with Gasteiger partial charge in [0, 0.05) is 31.6 Å². The van der Waals surface area contributed by atoms with Crippen molar-refractivity contribution in [1.82, 2.24) is 24.6 Å². The molecule has 0 atom stereocenters. The Kier molecular flexibility index (Phi) is 4.32. The summed E-state index contributed by atoms with van der Waals surface area (Å²) in [6.45, 7) is 2.48. The predicted octanol–water partition coefficient (Wildman–Crippen LogP) is 0.582. The van der Waals surface area contributed by atoms with Gasteiger partial charge in [0.25, 0.3) is 6.01 Å². The van der Waals surface area contributed by atoms with E-state index in [0.29, 0.717) is 42.7 Å². The van der Waals surface area contributed by atoms with Crippen LogP contribution in [0, 0.1) is 0 Å². The Hall–Kier alpha value is -4.45. The van der Waals surface area contributed by atoms with E-state index in [-0.39, 0.29) is 23.1 Å². The molecule has 0 amide bonds. The smallest absolute Gasteiger partial charge is 0.298 e. The molecule has 1 saturated heterocycles. The van der Waals surface area contributed by atoms with Crippen molar-refractivity contribution in [3.8, 4) is 11.5 Å². The van der Waals surface area contributed by atoms with Crippen molar-refractivity contribution in [2.45, 2.75) is 6.67 Å². The van der Waals surface area contributed by atoms with E-state index in [1.165, 1.54) is 4.68 Å². The van der Waals surface area contributed by atoms with Crippen molar-refractivity contribution < 1.29 is 19.8 Å². The molecule has 34 heavy (non-hydrogen) atoms. The maximum Gasteiger partial charge on any atom is 0.298 e. The molecule has 0 radical (unpaired) electrons. The fourth-order valence-corrected chi connectivity index (χ4v) is 4.50. The highest BCUT2D eigenvalue weighted by Crippen LogP contribution is 2.36. The highest BCUT2D eigenvalue weighted by Gasteiger charge is 2.24. The number of phenols is 1. The first-order valence-electron chi connectivity index (χ1n) is 10.6. The number of aromatic nitrogens is 4. The van der Waals surface area contributed by atoms with Gasteiger partial charge in [-0.15, -0.1) is 0 Å². The number of nitrogens with one attached hydrogen (secondary N) is 1. The number of phenolic OH excluding ortho intramolecular Hbond substituents is 1. The molecule has 174 valence electrons. The highest BCUT2D eigenvalue weighted by atomic mass is 16.5. The van der Waals surface area contributed by atoms with Crippen LogP contribution in [-0.4, -0.2) is 61.1 Å². The maximum absolute atomic E-state index is 12.9. The second-order valence-electron chi connectivity index (χ2n) is 8.22. The van der Waals surface area contributed by atoms with Crippen LogP contribution in [0.3, 0.4) is 0 Å². The zero-order valence-corrected chi connectivity index (χ0v) is 17.8. The van der Waals surface area contributed by atoms with Gasteiger partial charge in [0.05, 0.1) is 17.6 Å². The molecule has 0 spiro atoms. The van der Waals surface area contributed by atoms with Gasteiger partial charge in [-0.25, -0.2) is 9.78 Å². The van der Waals surface area contributed by atoms with Gasteiger partial charge in [-0.05, 0) is 24.3 Å². The number of hydrogen-bond donors (Lipinski definition) is 3. The number of H-pyrrole nitrogens is 1. The molecule has 12 nitrogen and oxygen atoms in total. The zero-order chi connectivity index (χ0) is 23.6. The Bertz CT molecular complexity index is 1650. The lowest BCUT2D eigenvalue weighted by Gasteiger charge is -2.33. The quantitative estimate of drug-likeness (QED) is 0.326. The molecule has 0 bridgehead atoms. The average molecular weight is 463 g/mol. The monoisotopic (exact) mass is 463 g/mol. The van der Waals surface area contributed by atoms with Crippen LogP contribution in [-0.2, 0) is 6.67 Å². The molecular weight excluding hydrogens is 444 g/mol. The van der Waals surface area contributed by atoms with Crippen LogP contribution in [0.1, 0.15) is 0 Å². The summed E-state index contributed by atoms with van der Waals surface area (Å²) in [7, 11) is 0. The minimum Gasteiger partial charge on any atom is -0.870 e. The molecule has 1 aliphatic rings. The number of anilines is 1. The van der Waals surface area contributed by atoms with Gasteiger partial charge in [0.2, 0.25) is 0 Å². The molecule has 1 fully saturated rings. The van der Waals surface area contributed by atoms with Crippen molar-refractivity contribution in [1.29, 1.82) is 0 Å². The van der Waals surface area contributed by atoms with Crippen molar-refractivity contribution >= 4 is 38.9 Å². The minimum atomic E-state index is -0.757. The van der Waals surface area contributed by atoms with Gasteiger partial charge in [0.15, 0.2) is 22.2 Å². The molecule has 0 saturated carbocycles. The Labute approximate surface area is 190 Å². The van der Waals surface area contributed by atoms with Crippen LogP contribution < -0.4 is 20.9 Å². The Morgan fingerprint density at radius 1 is 1.03 bits per heavy atom. The summed E-state index contributed by atoms with van der Waals surface area (Å²) < 4.78 is 7.08. The maximum atomic E-state index is 12.9. The van der Waals surface area contributed by atoms with Crippen LogP contribution in [0.5, 0.6) is 11.5 Å². The van der Waals surface area contributed by atoms with Crippen LogP contribution in [0.4, 0.5) is 6.01 Å². The van der Waals surface area contributed by atoms with E-state index in [1.807, 2.05) is 34.1 Å². The standard InChI is InChI=1S/C22H20N6O6/c29-13-5-6-14(30)17-16(13)20(31)18-19(21(17)32)27(28(33)24-18)11-25-7-9-26(10-8-25)22-23-12-3-1-2-4-15(12)34-22/h1-6,24,31-33H,7-11H2/p-1. The summed E-state index contributed by atoms with van der Waals surface area (Å²) in [4.78, 5) is 33.6. The topological polar surface area (TPSA) is 156 Å². The predicted molar refractivity (Wildman–Crippen MR) is 120 cm³/mol. The van der Waals surface area contributed by atoms with E-state index >= 15 is 0 Å². The Morgan fingerprint density at radius 3 is 2.47 bits per heavy atom. The number of fused-ring (bicyclic) bond motifs is 3. The summed E-state index contributed by atoms with van der Waals surface area (Å²) in [6.07, 6.45) is 0. The van der Waals surface area contributed by atoms with Gasteiger partial charge >= 0.3 is 0 Å². The van der Waals surface area contributed by atoms with Crippen molar-refractivity contribution in [3.63, 3.8) is 0 Å². The number of hydrogen-bond acceptors (Lipinski definition) is 9. The summed E-state index contributed by atoms with van der Waals surface area (Å²) in [6, 6.07) is 10.1. The fraction of sp³-hybridized carbons (Fsp3) is 0.227. The van der Waals surface area contributed by atoms with Crippen LogP contribution in [0.15, 0.2) is 50.4 Å². The average Bonchev–Trinajstić information content (AvgIpc) is 3.41. The van der Waals surface area contributed by atoms with Crippen molar-refractivity contribution in [3.05, 3.63) is 56.8 Å². The van der Waals surface area contributed by atoms with E-state index in [0.717, 1.165) is 17.6 Å². The zero-order valence-electron chi connectivity index (χ0n) is 17.8. The van der Waals surface area contributed by atoms with Crippen molar-refractivity contribution in [2.24, 2.45) is 0 Å². The molecule has 6 rings (SSSR count). The van der Waals surface area contributed by atoms with Crippen molar-refractivity contribution in [2.75, 3.05) is 31.1 Å². The molecule has 0 unspecified atom stereocenters. The molecule has 3 N–H and O–H groups in total. The van der Waals surface area contributed by atoms with E-state index < -0.39 is 27.7 Å². The van der Waals surface area contributed by atoms with E-state index in [4.69, 9.17) is 4.42 Å². The molecule has 2 aromatic heterocycles. The van der Waals surface area contributed by atoms with Crippen LogP contribution >= 0.6 is 0 Å². The minimum absolute atomic E-state index is 0.0518. The van der Waals surface area contributed by atoms with E-state index in [1.54, 1.807) is 0 Å². The molecule has 5 aromatic rings. The highest BCUT2D eigenvalue weighted by molar-refractivity contribution is 6.07. The van der Waals surface area contributed by atoms with Gasteiger partial charge in [-0.2, -0.15) is 4.98 Å². The molecule has 3 aromatic carbocycles. The molecule has 1 aliphatic heterocycles. The second-order valence-corrected chi connectivity index (χ2v) is 8.22.